The van der Waals surface area contributed by atoms with Gasteiger partial charge in [-0.3, -0.25) is 0 Å². The topological polar surface area (TPSA) is 49.8 Å². The molecule has 2 unspecified atom stereocenters. The summed E-state index contributed by atoms with van der Waals surface area (Å²) in [7, 11) is 0. The van der Waals surface area contributed by atoms with Gasteiger partial charge in [0.2, 0.25) is 0 Å². The first-order valence-electron chi connectivity index (χ1n) is 7.56. The van der Waals surface area contributed by atoms with Crippen LogP contribution in [-0.4, -0.2) is 22.6 Å². The average molecular weight is 262 g/mol. The van der Waals surface area contributed by atoms with Crippen molar-refractivity contribution in [3.8, 4) is 0 Å². The van der Waals surface area contributed by atoms with Crippen LogP contribution < -0.4 is 10.6 Å². The standard InChI is InChI=1S/C15H26N4/c1-4-12-7-6-8-13(9-12)19-15-11(3)14(16-5-2)17-10-18-15/h10,12-13H,4-9H2,1-3H3,(H2,16,17,18,19). The maximum Gasteiger partial charge on any atom is 0.134 e. The molecule has 0 saturated heterocycles. The summed E-state index contributed by atoms with van der Waals surface area (Å²) in [6.45, 7) is 7.35. The molecule has 2 N–H and O–H groups in total. The third kappa shape index (κ3) is 3.58. The van der Waals surface area contributed by atoms with Crippen LogP contribution >= 0.6 is 0 Å². The summed E-state index contributed by atoms with van der Waals surface area (Å²) in [5.41, 5.74) is 1.13. The van der Waals surface area contributed by atoms with E-state index in [1.807, 2.05) is 0 Å². The van der Waals surface area contributed by atoms with E-state index in [1.165, 1.54) is 32.1 Å². The predicted octanol–water partition coefficient (Wildman–Crippen LogP) is 3.60. The van der Waals surface area contributed by atoms with Gasteiger partial charge in [-0.1, -0.05) is 26.2 Å². The van der Waals surface area contributed by atoms with Crippen LogP contribution in [0.25, 0.3) is 0 Å². The summed E-state index contributed by atoms with van der Waals surface area (Å²) in [5.74, 6) is 2.82. The van der Waals surface area contributed by atoms with Crippen molar-refractivity contribution in [1.29, 1.82) is 0 Å². The first kappa shape index (κ1) is 14.1. The van der Waals surface area contributed by atoms with Gasteiger partial charge in [-0.2, -0.15) is 0 Å². The molecule has 0 aromatic carbocycles. The fourth-order valence-corrected chi connectivity index (χ4v) is 2.93. The molecule has 0 amide bonds. The van der Waals surface area contributed by atoms with Crippen LogP contribution in [0.4, 0.5) is 11.6 Å². The van der Waals surface area contributed by atoms with Crippen LogP contribution in [0.5, 0.6) is 0 Å². The molecule has 1 fully saturated rings. The van der Waals surface area contributed by atoms with E-state index in [9.17, 15) is 0 Å². The Morgan fingerprint density at radius 2 is 2.00 bits per heavy atom. The Hall–Kier alpha value is -1.32. The van der Waals surface area contributed by atoms with Crippen molar-refractivity contribution in [2.24, 2.45) is 5.92 Å². The van der Waals surface area contributed by atoms with Gasteiger partial charge < -0.3 is 10.6 Å². The lowest BCUT2D eigenvalue weighted by Crippen LogP contribution is -2.28. The normalized spacial score (nSPS) is 23.1. The average Bonchev–Trinajstić information content (AvgIpc) is 2.44. The number of anilines is 2. The summed E-state index contributed by atoms with van der Waals surface area (Å²) in [6.07, 6.45) is 8.20. The second-order valence-corrected chi connectivity index (χ2v) is 5.51. The highest BCUT2D eigenvalue weighted by Crippen LogP contribution is 2.29. The molecule has 0 spiro atoms. The SMILES string of the molecule is CCNc1ncnc(NC2CCCC(CC)C2)c1C. The zero-order valence-electron chi connectivity index (χ0n) is 12.4. The number of nitrogens with one attached hydrogen (secondary N) is 2. The highest BCUT2D eigenvalue weighted by molar-refractivity contribution is 5.56. The zero-order chi connectivity index (χ0) is 13.7. The number of rotatable bonds is 5. The molecule has 4 nitrogen and oxygen atoms in total. The van der Waals surface area contributed by atoms with Gasteiger partial charge >= 0.3 is 0 Å². The molecule has 1 saturated carbocycles. The van der Waals surface area contributed by atoms with E-state index in [-0.39, 0.29) is 0 Å². The smallest absolute Gasteiger partial charge is 0.134 e. The molecular weight excluding hydrogens is 236 g/mol. The number of aromatic nitrogens is 2. The second-order valence-electron chi connectivity index (χ2n) is 5.51. The second kappa shape index (κ2) is 6.73. The molecule has 0 aliphatic heterocycles. The van der Waals surface area contributed by atoms with Gasteiger partial charge in [-0.25, -0.2) is 9.97 Å². The lowest BCUT2D eigenvalue weighted by Gasteiger charge is -2.30. The van der Waals surface area contributed by atoms with Crippen molar-refractivity contribution >= 4 is 11.6 Å². The highest BCUT2D eigenvalue weighted by atomic mass is 15.1. The van der Waals surface area contributed by atoms with Crippen LogP contribution in [0.3, 0.4) is 0 Å². The van der Waals surface area contributed by atoms with Crippen molar-refractivity contribution in [2.75, 3.05) is 17.2 Å². The molecule has 1 aromatic rings. The summed E-state index contributed by atoms with van der Waals surface area (Å²) >= 11 is 0. The predicted molar refractivity (Wildman–Crippen MR) is 80.6 cm³/mol. The number of hydrogen-bond donors (Lipinski definition) is 2. The molecule has 0 radical (unpaired) electrons. The van der Waals surface area contributed by atoms with Crippen LogP contribution in [0.2, 0.25) is 0 Å². The van der Waals surface area contributed by atoms with E-state index in [2.05, 4.69) is 41.4 Å². The lowest BCUT2D eigenvalue weighted by atomic mass is 9.84. The number of hydrogen-bond acceptors (Lipinski definition) is 4. The zero-order valence-corrected chi connectivity index (χ0v) is 12.4. The number of nitrogens with zero attached hydrogens (tertiary/aromatic N) is 2. The fraction of sp³-hybridized carbons (Fsp3) is 0.733. The van der Waals surface area contributed by atoms with Crippen molar-refractivity contribution in [1.82, 2.24) is 9.97 Å². The molecular formula is C15H26N4. The van der Waals surface area contributed by atoms with Gasteiger partial charge in [0, 0.05) is 18.2 Å². The molecule has 0 bridgehead atoms. The third-order valence-corrected chi connectivity index (χ3v) is 4.13. The third-order valence-electron chi connectivity index (χ3n) is 4.13. The van der Waals surface area contributed by atoms with Crippen molar-refractivity contribution in [3.05, 3.63) is 11.9 Å². The van der Waals surface area contributed by atoms with Gasteiger partial charge in [0.1, 0.15) is 18.0 Å². The van der Waals surface area contributed by atoms with Crippen molar-refractivity contribution < 1.29 is 0 Å². The molecule has 2 rings (SSSR count). The summed E-state index contributed by atoms with van der Waals surface area (Å²) < 4.78 is 0. The Bertz CT molecular complexity index is 405. The molecule has 1 aromatic heterocycles. The minimum Gasteiger partial charge on any atom is -0.370 e. The molecule has 4 heteroatoms. The molecule has 106 valence electrons. The van der Waals surface area contributed by atoms with Crippen LogP contribution in [-0.2, 0) is 0 Å². The Labute approximate surface area is 116 Å². The summed E-state index contributed by atoms with van der Waals surface area (Å²) in [5, 5.41) is 6.90. The van der Waals surface area contributed by atoms with E-state index in [1.54, 1.807) is 6.33 Å². The van der Waals surface area contributed by atoms with E-state index in [0.29, 0.717) is 6.04 Å². The maximum absolute atomic E-state index is 4.40. The largest absolute Gasteiger partial charge is 0.370 e. The Balaban J connectivity index is 2.04. The Morgan fingerprint density at radius 1 is 1.21 bits per heavy atom. The highest BCUT2D eigenvalue weighted by Gasteiger charge is 2.21. The molecule has 1 aliphatic rings. The fourth-order valence-electron chi connectivity index (χ4n) is 2.93. The first-order chi connectivity index (χ1) is 9.24. The summed E-state index contributed by atoms with van der Waals surface area (Å²) in [4.78, 5) is 8.69. The molecule has 19 heavy (non-hydrogen) atoms. The Morgan fingerprint density at radius 3 is 2.74 bits per heavy atom. The van der Waals surface area contributed by atoms with Crippen LogP contribution in [0.15, 0.2) is 6.33 Å². The van der Waals surface area contributed by atoms with Crippen LogP contribution in [0.1, 0.15) is 51.5 Å². The van der Waals surface area contributed by atoms with Gasteiger partial charge in [0.25, 0.3) is 0 Å². The van der Waals surface area contributed by atoms with E-state index >= 15 is 0 Å². The summed E-state index contributed by atoms with van der Waals surface area (Å²) in [6, 6.07) is 0.571. The van der Waals surface area contributed by atoms with Gasteiger partial charge in [0.15, 0.2) is 0 Å². The Kier molecular flexibility index (Phi) is 5.00. The lowest BCUT2D eigenvalue weighted by molar-refractivity contribution is 0.327. The monoisotopic (exact) mass is 262 g/mol. The van der Waals surface area contributed by atoms with E-state index in [0.717, 1.165) is 29.7 Å². The molecule has 1 aliphatic carbocycles. The minimum atomic E-state index is 0.571. The van der Waals surface area contributed by atoms with Crippen molar-refractivity contribution in [3.63, 3.8) is 0 Å². The quantitative estimate of drug-likeness (QED) is 0.851. The van der Waals surface area contributed by atoms with E-state index in [4.69, 9.17) is 0 Å². The first-order valence-corrected chi connectivity index (χ1v) is 7.56. The van der Waals surface area contributed by atoms with Crippen LogP contribution in [0, 0.1) is 12.8 Å². The van der Waals surface area contributed by atoms with Gasteiger partial charge in [0.05, 0.1) is 0 Å². The maximum atomic E-state index is 4.40. The molecule has 2 atom stereocenters. The van der Waals surface area contributed by atoms with Gasteiger partial charge in [-0.05, 0) is 32.6 Å². The van der Waals surface area contributed by atoms with Gasteiger partial charge in [-0.15, -0.1) is 0 Å². The van der Waals surface area contributed by atoms with Crippen molar-refractivity contribution in [2.45, 2.75) is 58.9 Å². The van der Waals surface area contributed by atoms with E-state index < -0.39 is 0 Å². The minimum absolute atomic E-state index is 0.571. The molecule has 1 heterocycles.